The quantitative estimate of drug-likeness (QED) is 0.0366. The van der Waals surface area contributed by atoms with Crippen LogP contribution in [-0.4, -0.2) is 37.2 Å². The normalized spacial score (nSPS) is 13.2. The van der Waals surface area contributed by atoms with E-state index in [1.54, 1.807) is 0 Å². The van der Waals surface area contributed by atoms with Gasteiger partial charge in [0.05, 0.1) is 0 Å². The van der Waals surface area contributed by atoms with E-state index in [2.05, 4.69) is 34.6 Å². The van der Waals surface area contributed by atoms with Crippen LogP contribution in [0.1, 0.15) is 227 Å². The lowest BCUT2D eigenvalue weighted by molar-refractivity contribution is -0.167. The molecule has 0 saturated carbocycles. The Kier molecular flexibility index (Phi) is 35.0. The number of carbonyl (C=O) groups excluding carboxylic acids is 3. The van der Waals surface area contributed by atoms with Crippen molar-refractivity contribution < 1.29 is 28.6 Å². The van der Waals surface area contributed by atoms with Crippen molar-refractivity contribution in [1.82, 2.24) is 0 Å². The molecule has 49 heavy (non-hydrogen) atoms. The number of ether oxygens (including phenoxy) is 3. The van der Waals surface area contributed by atoms with Crippen molar-refractivity contribution in [2.45, 2.75) is 233 Å². The summed E-state index contributed by atoms with van der Waals surface area (Å²) in [5.41, 5.74) is 0. The Morgan fingerprint density at radius 2 is 0.714 bits per heavy atom. The van der Waals surface area contributed by atoms with Gasteiger partial charge in [-0.05, 0) is 31.1 Å². The molecule has 0 fully saturated rings. The van der Waals surface area contributed by atoms with Gasteiger partial charge in [-0.25, -0.2) is 0 Å². The molecular formula is C43H82O6. The van der Waals surface area contributed by atoms with Gasteiger partial charge in [0.1, 0.15) is 13.2 Å². The van der Waals surface area contributed by atoms with E-state index in [0.29, 0.717) is 19.3 Å². The monoisotopic (exact) mass is 695 g/mol. The number of hydrogen-bond acceptors (Lipinski definition) is 6. The SMILES string of the molecule is CCCCCCCC(=O)OC[C@@H](COC(=O)CCCCCCCCCCCCC(C)CC)OC(=O)CCCCCCCCCCC(C)CC. The summed E-state index contributed by atoms with van der Waals surface area (Å²) in [7, 11) is 0. The molecule has 6 heteroatoms. The summed E-state index contributed by atoms with van der Waals surface area (Å²) < 4.78 is 16.6. The van der Waals surface area contributed by atoms with E-state index in [-0.39, 0.29) is 31.1 Å². The molecule has 3 atom stereocenters. The highest BCUT2D eigenvalue weighted by molar-refractivity contribution is 5.71. The average Bonchev–Trinajstić information content (AvgIpc) is 3.10. The smallest absolute Gasteiger partial charge is 0.306 e. The molecule has 0 aliphatic carbocycles. The fourth-order valence-electron chi connectivity index (χ4n) is 6.16. The van der Waals surface area contributed by atoms with Crippen LogP contribution in [0.25, 0.3) is 0 Å². The minimum absolute atomic E-state index is 0.0667. The van der Waals surface area contributed by atoms with Crippen LogP contribution in [0.15, 0.2) is 0 Å². The number of unbranched alkanes of at least 4 members (excludes halogenated alkanes) is 20. The Morgan fingerprint density at radius 1 is 0.408 bits per heavy atom. The van der Waals surface area contributed by atoms with Crippen molar-refractivity contribution in [3.8, 4) is 0 Å². The first kappa shape index (κ1) is 47.4. The van der Waals surface area contributed by atoms with Crippen LogP contribution >= 0.6 is 0 Å². The summed E-state index contributed by atoms with van der Waals surface area (Å²) in [6.07, 6.45) is 32.5. The molecule has 0 aromatic carbocycles. The second-order valence-electron chi connectivity index (χ2n) is 15.1. The number of esters is 3. The summed E-state index contributed by atoms with van der Waals surface area (Å²) in [6, 6.07) is 0. The third-order valence-corrected chi connectivity index (χ3v) is 10.2. The van der Waals surface area contributed by atoms with Crippen LogP contribution < -0.4 is 0 Å². The van der Waals surface area contributed by atoms with Gasteiger partial charge in [0.15, 0.2) is 6.10 Å². The average molecular weight is 695 g/mol. The van der Waals surface area contributed by atoms with E-state index in [4.69, 9.17) is 14.2 Å². The van der Waals surface area contributed by atoms with Crippen LogP contribution in [0.5, 0.6) is 0 Å². The molecule has 0 N–H and O–H groups in total. The van der Waals surface area contributed by atoms with Crippen molar-refractivity contribution in [3.63, 3.8) is 0 Å². The van der Waals surface area contributed by atoms with E-state index in [9.17, 15) is 14.4 Å². The minimum atomic E-state index is -0.758. The van der Waals surface area contributed by atoms with Crippen molar-refractivity contribution in [2.24, 2.45) is 11.8 Å². The molecule has 290 valence electrons. The largest absolute Gasteiger partial charge is 0.462 e. The number of rotatable bonds is 37. The van der Waals surface area contributed by atoms with Crippen LogP contribution in [0, 0.1) is 11.8 Å². The molecule has 2 unspecified atom stereocenters. The van der Waals surface area contributed by atoms with Crippen molar-refractivity contribution in [1.29, 1.82) is 0 Å². The van der Waals surface area contributed by atoms with E-state index in [1.807, 2.05) is 0 Å². The summed E-state index contributed by atoms with van der Waals surface area (Å²) in [6.45, 7) is 11.3. The van der Waals surface area contributed by atoms with Crippen LogP contribution in [0.4, 0.5) is 0 Å². The standard InChI is InChI=1S/C43H82O6/c1-6-9-10-21-28-33-41(44)47-36-40(49-43(46)35-30-25-20-16-15-18-23-27-32-39(5)8-3)37-48-42(45)34-29-24-19-14-12-11-13-17-22-26-31-38(4)7-2/h38-40H,6-37H2,1-5H3/t38?,39?,40-/m0/s1. The van der Waals surface area contributed by atoms with Gasteiger partial charge in [0, 0.05) is 19.3 Å². The first-order valence-electron chi connectivity index (χ1n) is 21.3. The van der Waals surface area contributed by atoms with Gasteiger partial charge in [-0.15, -0.1) is 0 Å². The summed E-state index contributed by atoms with van der Waals surface area (Å²) in [4.78, 5) is 37.4. The minimum Gasteiger partial charge on any atom is -0.462 e. The summed E-state index contributed by atoms with van der Waals surface area (Å²) in [5, 5.41) is 0. The molecule has 0 aliphatic rings. The van der Waals surface area contributed by atoms with Gasteiger partial charge in [-0.2, -0.15) is 0 Å². The Morgan fingerprint density at radius 3 is 1.06 bits per heavy atom. The van der Waals surface area contributed by atoms with Gasteiger partial charge in [0.25, 0.3) is 0 Å². The zero-order valence-corrected chi connectivity index (χ0v) is 33.3. The van der Waals surface area contributed by atoms with Crippen molar-refractivity contribution in [2.75, 3.05) is 13.2 Å². The molecule has 0 radical (unpaired) electrons. The molecule has 0 bridgehead atoms. The lowest BCUT2D eigenvalue weighted by atomic mass is 9.99. The van der Waals surface area contributed by atoms with Crippen molar-refractivity contribution >= 4 is 17.9 Å². The highest BCUT2D eigenvalue weighted by Gasteiger charge is 2.19. The maximum Gasteiger partial charge on any atom is 0.306 e. The molecule has 6 nitrogen and oxygen atoms in total. The van der Waals surface area contributed by atoms with Crippen LogP contribution in [-0.2, 0) is 28.6 Å². The Labute approximate surface area is 304 Å². The molecule has 0 aliphatic heterocycles. The van der Waals surface area contributed by atoms with Gasteiger partial charge in [0.2, 0.25) is 0 Å². The molecule has 0 amide bonds. The lowest BCUT2D eigenvalue weighted by Gasteiger charge is -2.18. The number of carbonyl (C=O) groups is 3. The highest BCUT2D eigenvalue weighted by Crippen LogP contribution is 2.17. The highest BCUT2D eigenvalue weighted by atomic mass is 16.6. The van der Waals surface area contributed by atoms with E-state index >= 15 is 0 Å². The van der Waals surface area contributed by atoms with Gasteiger partial charge < -0.3 is 14.2 Å². The van der Waals surface area contributed by atoms with Gasteiger partial charge >= 0.3 is 17.9 Å². The van der Waals surface area contributed by atoms with Crippen molar-refractivity contribution in [3.05, 3.63) is 0 Å². The van der Waals surface area contributed by atoms with Crippen LogP contribution in [0.2, 0.25) is 0 Å². The zero-order chi connectivity index (χ0) is 36.2. The van der Waals surface area contributed by atoms with Crippen LogP contribution in [0.3, 0.4) is 0 Å². The lowest BCUT2D eigenvalue weighted by Crippen LogP contribution is -2.30. The third-order valence-electron chi connectivity index (χ3n) is 10.2. The second-order valence-corrected chi connectivity index (χ2v) is 15.1. The molecule has 0 saturated heterocycles. The molecule has 0 aromatic rings. The molecule has 0 heterocycles. The first-order chi connectivity index (χ1) is 23.8. The molecule has 0 rings (SSSR count). The second kappa shape index (κ2) is 36.2. The predicted molar refractivity (Wildman–Crippen MR) is 206 cm³/mol. The first-order valence-corrected chi connectivity index (χ1v) is 21.3. The zero-order valence-electron chi connectivity index (χ0n) is 33.3. The molecular weight excluding hydrogens is 612 g/mol. The van der Waals surface area contributed by atoms with Gasteiger partial charge in [-0.1, -0.05) is 189 Å². The Hall–Kier alpha value is -1.59. The maximum absolute atomic E-state index is 12.6. The summed E-state index contributed by atoms with van der Waals surface area (Å²) in [5.74, 6) is 0.838. The third kappa shape index (κ3) is 34.6. The predicted octanol–water partition coefficient (Wildman–Crippen LogP) is 13.0. The van der Waals surface area contributed by atoms with E-state index in [1.165, 1.54) is 109 Å². The van der Waals surface area contributed by atoms with Gasteiger partial charge in [-0.3, -0.25) is 14.4 Å². The number of hydrogen-bond donors (Lipinski definition) is 0. The fourth-order valence-corrected chi connectivity index (χ4v) is 6.16. The Bertz CT molecular complexity index is 753. The summed E-state index contributed by atoms with van der Waals surface area (Å²) >= 11 is 0. The molecule has 0 spiro atoms. The topological polar surface area (TPSA) is 78.9 Å². The molecule has 0 aromatic heterocycles. The maximum atomic E-state index is 12.6. The fraction of sp³-hybridized carbons (Fsp3) is 0.930. The van der Waals surface area contributed by atoms with E-state index < -0.39 is 6.10 Å². The van der Waals surface area contributed by atoms with E-state index in [0.717, 1.165) is 76.0 Å². The Balaban J connectivity index is 4.24.